The summed E-state index contributed by atoms with van der Waals surface area (Å²) in [5, 5.41) is 0. The van der Waals surface area contributed by atoms with Gasteiger partial charge in [-0.25, -0.2) is 4.79 Å². The fraction of sp³-hybridized carbons (Fsp3) is 0.200. The van der Waals surface area contributed by atoms with Gasteiger partial charge < -0.3 is 18.9 Å². The van der Waals surface area contributed by atoms with E-state index < -0.39 is 5.97 Å². The van der Waals surface area contributed by atoms with Crippen LogP contribution in [0.5, 0.6) is 17.2 Å². The molecule has 6 nitrogen and oxygen atoms in total. The van der Waals surface area contributed by atoms with Crippen molar-refractivity contribution in [3.63, 3.8) is 0 Å². The van der Waals surface area contributed by atoms with E-state index in [4.69, 9.17) is 18.9 Å². The van der Waals surface area contributed by atoms with Crippen LogP contribution in [0.4, 0.5) is 0 Å². The number of methoxy groups -OCH3 is 1. The largest absolute Gasteiger partial charge is 0.497 e. The summed E-state index contributed by atoms with van der Waals surface area (Å²) in [6, 6.07) is 12.5. The highest BCUT2D eigenvalue weighted by Crippen LogP contribution is 2.34. The van der Waals surface area contributed by atoms with Crippen molar-refractivity contribution in [2.75, 3.05) is 13.7 Å². The Morgan fingerprint density at radius 1 is 1.12 bits per heavy atom. The zero-order valence-corrected chi connectivity index (χ0v) is 14.5. The Labute approximate surface area is 150 Å². The molecule has 1 aliphatic rings. The molecular weight excluding hydrogens is 336 g/mol. The number of esters is 1. The van der Waals surface area contributed by atoms with Gasteiger partial charge in [0, 0.05) is 6.07 Å². The van der Waals surface area contributed by atoms with Crippen LogP contribution in [0.25, 0.3) is 0 Å². The van der Waals surface area contributed by atoms with Crippen LogP contribution in [0.2, 0.25) is 0 Å². The first-order valence-corrected chi connectivity index (χ1v) is 8.11. The van der Waals surface area contributed by atoms with Crippen molar-refractivity contribution in [2.45, 2.75) is 13.5 Å². The molecule has 6 heteroatoms. The van der Waals surface area contributed by atoms with Crippen molar-refractivity contribution in [3.05, 3.63) is 65.4 Å². The Hall–Kier alpha value is -3.28. The van der Waals surface area contributed by atoms with Gasteiger partial charge in [-0.3, -0.25) is 4.79 Å². The lowest BCUT2D eigenvalue weighted by Crippen LogP contribution is -2.06. The van der Waals surface area contributed by atoms with Crippen LogP contribution in [-0.4, -0.2) is 25.5 Å². The standard InChI is InChI=1S/C20H18O6/c1-3-24-19(21)11-18-20(22)16-9-8-15(10-17(16)26-18)25-12-13-4-6-14(23-2)7-5-13/h4-11H,3,12H2,1-2H3/b18-11-. The molecular formula is C20H18O6. The number of ketones is 1. The highest BCUT2D eigenvalue weighted by Gasteiger charge is 2.28. The molecule has 0 radical (unpaired) electrons. The Morgan fingerprint density at radius 2 is 1.85 bits per heavy atom. The predicted molar refractivity (Wildman–Crippen MR) is 93.4 cm³/mol. The number of carbonyl (C=O) groups excluding carboxylic acids is 2. The van der Waals surface area contributed by atoms with E-state index >= 15 is 0 Å². The molecule has 0 saturated carbocycles. The molecule has 0 amide bonds. The molecule has 0 unspecified atom stereocenters. The van der Waals surface area contributed by atoms with Gasteiger partial charge in [-0.15, -0.1) is 0 Å². The van der Waals surface area contributed by atoms with Gasteiger partial charge in [0.25, 0.3) is 0 Å². The Balaban J connectivity index is 1.68. The Bertz CT molecular complexity index is 851. The van der Waals surface area contributed by atoms with E-state index in [0.29, 0.717) is 23.7 Å². The Morgan fingerprint density at radius 3 is 2.54 bits per heavy atom. The summed E-state index contributed by atoms with van der Waals surface area (Å²) in [6.07, 6.45) is 1.06. The SMILES string of the molecule is CCOC(=O)/C=C1\Oc2cc(OCc3ccc(OC)cc3)ccc2C1=O. The van der Waals surface area contributed by atoms with E-state index in [2.05, 4.69) is 0 Å². The lowest BCUT2D eigenvalue weighted by molar-refractivity contribution is -0.137. The molecule has 3 rings (SSSR count). The normalized spacial score (nSPS) is 13.9. The maximum Gasteiger partial charge on any atom is 0.334 e. The third kappa shape index (κ3) is 3.85. The van der Waals surface area contributed by atoms with Gasteiger partial charge >= 0.3 is 5.97 Å². The lowest BCUT2D eigenvalue weighted by atomic mass is 10.1. The molecule has 2 aromatic carbocycles. The van der Waals surface area contributed by atoms with Crippen LogP contribution in [-0.2, 0) is 16.1 Å². The monoisotopic (exact) mass is 354 g/mol. The first-order valence-electron chi connectivity index (χ1n) is 8.11. The number of allylic oxidation sites excluding steroid dienone is 1. The number of Topliss-reactive ketones (excluding diaryl/α,β-unsaturated/α-hetero) is 1. The summed E-state index contributed by atoms with van der Waals surface area (Å²) in [5.41, 5.74) is 1.36. The van der Waals surface area contributed by atoms with Crippen LogP contribution >= 0.6 is 0 Å². The maximum atomic E-state index is 12.2. The van der Waals surface area contributed by atoms with E-state index in [1.54, 1.807) is 32.2 Å². The molecule has 0 saturated heterocycles. The second kappa shape index (κ2) is 7.74. The third-order valence-corrected chi connectivity index (χ3v) is 3.74. The van der Waals surface area contributed by atoms with Gasteiger partial charge in [-0.2, -0.15) is 0 Å². The molecule has 134 valence electrons. The number of ether oxygens (including phenoxy) is 4. The van der Waals surface area contributed by atoms with Gasteiger partial charge in [0.05, 0.1) is 25.4 Å². The lowest BCUT2D eigenvalue weighted by Gasteiger charge is -2.08. The molecule has 1 aliphatic heterocycles. The first kappa shape index (κ1) is 17.5. The summed E-state index contributed by atoms with van der Waals surface area (Å²) in [4.78, 5) is 23.7. The fourth-order valence-electron chi connectivity index (χ4n) is 2.44. The van der Waals surface area contributed by atoms with Gasteiger partial charge in [0.1, 0.15) is 23.9 Å². The molecule has 0 aromatic heterocycles. The number of hydrogen-bond donors (Lipinski definition) is 0. The van der Waals surface area contributed by atoms with E-state index in [1.807, 2.05) is 24.3 Å². The van der Waals surface area contributed by atoms with Gasteiger partial charge in [0.15, 0.2) is 5.76 Å². The highest BCUT2D eigenvalue weighted by atomic mass is 16.5. The van der Waals surface area contributed by atoms with Crippen molar-refractivity contribution < 1.29 is 28.5 Å². The molecule has 26 heavy (non-hydrogen) atoms. The minimum absolute atomic E-state index is 0.0502. The number of hydrogen-bond acceptors (Lipinski definition) is 6. The van der Waals surface area contributed by atoms with Crippen LogP contribution in [0.1, 0.15) is 22.8 Å². The van der Waals surface area contributed by atoms with E-state index in [9.17, 15) is 9.59 Å². The molecule has 0 fully saturated rings. The molecule has 0 atom stereocenters. The van der Waals surface area contributed by atoms with Gasteiger partial charge in [0.2, 0.25) is 5.78 Å². The van der Waals surface area contributed by atoms with Crippen LogP contribution in [0, 0.1) is 0 Å². The number of fused-ring (bicyclic) bond motifs is 1. The number of benzene rings is 2. The summed E-state index contributed by atoms with van der Waals surface area (Å²) in [7, 11) is 1.61. The average molecular weight is 354 g/mol. The predicted octanol–water partition coefficient (Wildman–Crippen LogP) is 3.30. The van der Waals surface area contributed by atoms with Crippen LogP contribution < -0.4 is 14.2 Å². The van der Waals surface area contributed by atoms with Crippen LogP contribution in [0.3, 0.4) is 0 Å². The summed E-state index contributed by atoms with van der Waals surface area (Å²) in [5.74, 6) is 0.682. The zero-order chi connectivity index (χ0) is 18.5. The quantitative estimate of drug-likeness (QED) is 0.586. The summed E-state index contributed by atoms with van der Waals surface area (Å²) < 4.78 is 21.1. The second-order valence-corrected chi connectivity index (χ2v) is 5.49. The Kier molecular flexibility index (Phi) is 5.22. The molecule has 0 aliphatic carbocycles. The minimum Gasteiger partial charge on any atom is -0.497 e. The molecule has 0 bridgehead atoms. The summed E-state index contributed by atoms with van der Waals surface area (Å²) >= 11 is 0. The van der Waals surface area contributed by atoms with Crippen molar-refractivity contribution in [2.24, 2.45) is 0 Å². The van der Waals surface area contributed by atoms with Gasteiger partial charge in [-0.05, 0) is 36.8 Å². The molecule has 0 N–H and O–H groups in total. The maximum absolute atomic E-state index is 12.2. The van der Waals surface area contributed by atoms with E-state index in [0.717, 1.165) is 17.4 Å². The van der Waals surface area contributed by atoms with Crippen molar-refractivity contribution in [1.82, 2.24) is 0 Å². The molecule has 2 aromatic rings. The van der Waals surface area contributed by atoms with E-state index in [-0.39, 0.29) is 18.1 Å². The van der Waals surface area contributed by atoms with Crippen molar-refractivity contribution in [3.8, 4) is 17.2 Å². The second-order valence-electron chi connectivity index (χ2n) is 5.49. The number of carbonyl (C=O) groups is 2. The topological polar surface area (TPSA) is 71.1 Å². The summed E-state index contributed by atoms with van der Waals surface area (Å²) in [6.45, 7) is 2.28. The number of rotatable bonds is 6. The van der Waals surface area contributed by atoms with Crippen LogP contribution in [0.15, 0.2) is 54.3 Å². The smallest absolute Gasteiger partial charge is 0.334 e. The zero-order valence-electron chi connectivity index (χ0n) is 14.5. The average Bonchev–Trinajstić information content (AvgIpc) is 2.95. The van der Waals surface area contributed by atoms with E-state index in [1.165, 1.54) is 0 Å². The minimum atomic E-state index is -0.611. The first-order chi connectivity index (χ1) is 12.6. The molecule has 0 spiro atoms. The highest BCUT2D eigenvalue weighted by molar-refractivity contribution is 6.14. The molecule has 1 heterocycles. The third-order valence-electron chi connectivity index (χ3n) is 3.74. The fourth-order valence-corrected chi connectivity index (χ4v) is 2.44. The van der Waals surface area contributed by atoms with Crippen molar-refractivity contribution >= 4 is 11.8 Å². The van der Waals surface area contributed by atoms with Crippen molar-refractivity contribution in [1.29, 1.82) is 0 Å². The van der Waals surface area contributed by atoms with Gasteiger partial charge in [-0.1, -0.05) is 12.1 Å².